The average molecular weight is 288 g/mol. The fourth-order valence-corrected chi connectivity index (χ4v) is 2.22. The monoisotopic (exact) mass is 287 g/mol. The fraction of sp³-hybridized carbons (Fsp3) is 0.417. The molecule has 1 saturated heterocycles. The van der Waals surface area contributed by atoms with Gasteiger partial charge in [0.15, 0.2) is 0 Å². The van der Waals surface area contributed by atoms with Crippen LogP contribution in [0.5, 0.6) is 0 Å². The van der Waals surface area contributed by atoms with Gasteiger partial charge in [-0.1, -0.05) is 23.2 Å². The molecular formula is C12H15Cl2N3O. The summed E-state index contributed by atoms with van der Waals surface area (Å²) in [6, 6.07) is 5.14. The van der Waals surface area contributed by atoms with Crippen LogP contribution in [0.4, 0.5) is 10.5 Å². The average Bonchev–Trinajstić information content (AvgIpc) is 2.86. The van der Waals surface area contributed by atoms with Crippen LogP contribution >= 0.6 is 23.2 Å². The number of halogens is 2. The number of benzene rings is 1. The van der Waals surface area contributed by atoms with Gasteiger partial charge in [-0.3, -0.25) is 0 Å². The second-order valence-corrected chi connectivity index (χ2v) is 5.13. The smallest absolute Gasteiger partial charge is 0.321 e. The minimum absolute atomic E-state index is 0.137. The maximum Gasteiger partial charge on any atom is 0.321 e. The molecule has 1 fully saturated rings. The number of carbonyl (C=O) groups is 1. The molecule has 0 saturated carbocycles. The summed E-state index contributed by atoms with van der Waals surface area (Å²) in [6.07, 6.45) is 0.977. The molecule has 1 aliphatic rings. The van der Waals surface area contributed by atoms with Crippen LogP contribution in [-0.2, 0) is 0 Å². The predicted molar refractivity (Wildman–Crippen MR) is 74.5 cm³/mol. The predicted octanol–water partition coefficient (Wildman–Crippen LogP) is 2.82. The summed E-state index contributed by atoms with van der Waals surface area (Å²) >= 11 is 11.7. The molecule has 98 valence electrons. The van der Waals surface area contributed by atoms with Crippen molar-refractivity contribution in [3.63, 3.8) is 0 Å². The zero-order valence-electron chi connectivity index (χ0n) is 10.0. The molecule has 0 radical (unpaired) electrons. The van der Waals surface area contributed by atoms with Crippen molar-refractivity contribution in [2.45, 2.75) is 12.5 Å². The van der Waals surface area contributed by atoms with Gasteiger partial charge in [0.25, 0.3) is 0 Å². The summed E-state index contributed by atoms with van der Waals surface area (Å²) in [5.41, 5.74) is 0.646. The Bertz CT molecular complexity index is 447. The molecule has 1 heterocycles. The molecular weight excluding hydrogens is 273 g/mol. The number of carbonyl (C=O) groups excluding carboxylic acids is 1. The third-order valence-electron chi connectivity index (χ3n) is 3.07. The molecule has 1 aromatic rings. The van der Waals surface area contributed by atoms with Crippen molar-refractivity contribution in [3.8, 4) is 0 Å². The van der Waals surface area contributed by atoms with Crippen molar-refractivity contribution in [1.29, 1.82) is 0 Å². The number of amides is 2. The fourth-order valence-electron chi connectivity index (χ4n) is 1.92. The number of urea groups is 1. The lowest BCUT2D eigenvalue weighted by Gasteiger charge is -2.24. The van der Waals surface area contributed by atoms with Gasteiger partial charge in [0.2, 0.25) is 0 Å². The van der Waals surface area contributed by atoms with Gasteiger partial charge in [-0.05, 0) is 31.2 Å². The highest BCUT2D eigenvalue weighted by Crippen LogP contribution is 2.25. The van der Waals surface area contributed by atoms with Crippen LogP contribution in [0.2, 0.25) is 10.0 Å². The molecule has 0 spiro atoms. The maximum absolute atomic E-state index is 12.0. The highest BCUT2D eigenvalue weighted by atomic mass is 35.5. The van der Waals surface area contributed by atoms with Crippen LogP contribution in [0.15, 0.2) is 18.2 Å². The number of hydrogen-bond acceptors (Lipinski definition) is 2. The van der Waals surface area contributed by atoms with Crippen molar-refractivity contribution >= 4 is 34.9 Å². The van der Waals surface area contributed by atoms with Crippen molar-refractivity contribution in [2.75, 3.05) is 25.5 Å². The number of hydrogen-bond donors (Lipinski definition) is 2. The van der Waals surface area contributed by atoms with Gasteiger partial charge in [-0.15, -0.1) is 0 Å². The van der Waals surface area contributed by atoms with E-state index in [9.17, 15) is 4.79 Å². The van der Waals surface area contributed by atoms with E-state index in [1.54, 1.807) is 30.1 Å². The first-order valence-corrected chi connectivity index (χ1v) is 6.53. The number of rotatable bonds is 2. The molecule has 0 bridgehead atoms. The van der Waals surface area contributed by atoms with E-state index in [1.165, 1.54) is 0 Å². The Labute approximate surface area is 116 Å². The van der Waals surface area contributed by atoms with E-state index in [0.717, 1.165) is 19.5 Å². The Balaban J connectivity index is 1.99. The van der Waals surface area contributed by atoms with Gasteiger partial charge in [0.05, 0.1) is 10.0 Å². The van der Waals surface area contributed by atoms with Gasteiger partial charge in [0.1, 0.15) is 0 Å². The summed E-state index contributed by atoms with van der Waals surface area (Å²) in [7, 11) is 1.80. The normalized spacial score (nSPS) is 18.7. The van der Waals surface area contributed by atoms with Crippen LogP contribution in [0, 0.1) is 0 Å². The van der Waals surface area contributed by atoms with E-state index < -0.39 is 0 Å². The van der Waals surface area contributed by atoms with Crippen LogP contribution in [0.1, 0.15) is 6.42 Å². The van der Waals surface area contributed by atoms with E-state index in [4.69, 9.17) is 23.2 Å². The minimum Gasteiger partial charge on any atom is -0.323 e. The minimum atomic E-state index is -0.137. The molecule has 18 heavy (non-hydrogen) atoms. The molecule has 6 heteroatoms. The van der Waals surface area contributed by atoms with Crippen LogP contribution in [0.3, 0.4) is 0 Å². The Morgan fingerprint density at radius 1 is 1.44 bits per heavy atom. The third kappa shape index (κ3) is 3.07. The molecule has 1 atom stereocenters. The number of anilines is 1. The first-order valence-electron chi connectivity index (χ1n) is 5.77. The SMILES string of the molecule is CN(C(=O)Nc1ccc(Cl)c(Cl)c1)C1CCNC1. The first kappa shape index (κ1) is 13.5. The van der Waals surface area contributed by atoms with Gasteiger partial charge >= 0.3 is 6.03 Å². The lowest BCUT2D eigenvalue weighted by Crippen LogP contribution is -2.40. The van der Waals surface area contributed by atoms with Crippen molar-refractivity contribution in [1.82, 2.24) is 10.2 Å². The topological polar surface area (TPSA) is 44.4 Å². The lowest BCUT2D eigenvalue weighted by molar-refractivity contribution is 0.208. The molecule has 2 amide bonds. The lowest BCUT2D eigenvalue weighted by atomic mass is 10.2. The summed E-state index contributed by atoms with van der Waals surface area (Å²) in [4.78, 5) is 13.7. The summed E-state index contributed by atoms with van der Waals surface area (Å²) in [5, 5.41) is 6.94. The first-order chi connectivity index (χ1) is 8.58. The van der Waals surface area contributed by atoms with Crippen molar-refractivity contribution in [3.05, 3.63) is 28.2 Å². The summed E-state index contributed by atoms with van der Waals surface area (Å²) < 4.78 is 0. The maximum atomic E-state index is 12.0. The van der Waals surface area contributed by atoms with E-state index in [0.29, 0.717) is 15.7 Å². The van der Waals surface area contributed by atoms with Gasteiger partial charge < -0.3 is 15.5 Å². The van der Waals surface area contributed by atoms with E-state index >= 15 is 0 Å². The third-order valence-corrected chi connectivity index (χ3v) is 3.81. The Morgan fingerprint density at radius 2 is 2.22 bits per heavy atom. The molecule has 1 aromatic carbocycles. The molecule has 0 aromatic heterocycles. The highest BCUT2D eigenvalue weighted by molar-refractivity contribution is 6.42. The van der Waals surface area contributed by atoms with Crippen LogP contribution in [0.25, 0.3) is 0 Å². The van der Waals surface area contributed by atoms with Crippen LogP contribution in [-0.4, -0.2) is 37.1 Å². The molecule has 1 aliphatic heterocycles. The number of nitrogens with one attached hydrogen (secondary N) is 2. The molecule has 2 N–H and O–H groups in total. The second kappa shape index (κ2) is 5.78. The molecule has 0 aliphatic carbocycles. The second-order valence-electron chi connectivity index (χ2n) is 4.32. The number of nitrogens with zero attached hydrogens (tertiary/aromatic N) is 1. The van der Waals surface area contributed by atoms with E-state index in [1.807, 2.05) is 0 Å². The van der Waals surface area contributed by atoms with Crippen LogP contribution < -0.4 is 10.6 Å². The highest BCUT2D eigenvalue weighted by Gasteiger charge is 2.23. The zero-order chi connectivity index (χ0) is 13.1. The van der Waals surface area contributed by atoms with E-state index in [2.05, 4.69) is 10.6 Å². The molecule has 4 nitrogen and oxygen atoms in total. The van der Waals surface area contributed by atoms with Crippen molar-refractivity contribution in [2.24, 2.45) is 0 Å². The number of likely N-dealkylation sites (N-methyl/N-ethyl adjacent to an activating group) is 1. The molecule has 2 rings (SSSR count). The summed E-state index contributed by atoms with van der Waals surface area (Å²) in [6.45, 7) is 1.79. The Morgan fingerprint density at radius 3 is 2.83 bits per heavy atom. The standard InChI is InChI=1S/C12H15Cl2N3O/c1-17(9-4-5-15-7-9)12(18)16-8-2-3-10(13)11(14)6-8/h2-3,6,9,15H,4-5,7H2,1H3,(H,16,18). The zero-order valence-corrected chi connectivity index (χ0v) is 11.6. The quantitative estimate of drug-likeness (QED) is 0.879. The Hall–Kier alpha value is -0.970. The van der Waals surface area contributed by atoms with Gasteiger partial charge in [0, 0.05) is 25.3 Å². The largest absolute Gasteiger partial charge is 0.323 e. The van der Waals surface area contributed by atoms with Gasteiger partial charge in [-0.2, -0.15) is 0 Å². The summed E-state index contributed by atoms with van der Waals surface area (Å²) in [5.74, 6) is 0. The Kier molecular flexibility index (Phi) is 4.32. The molecule has 1 unspecified atom stereocenters. The van der Waals surface area contributed by atoms with Crippen molar-refractivity contribution < 1.29 is 4.79 Å². The van der Waals surface area contributed by atoms with Gasteiger partial charge in [-0.25, -0.2) is 4.79 Å². The van der Waals surface area contributed by atoms with E-state index in [-0.39, 0.29) is 12.1 Å².